The van der Waals surface area contributed by atoms with Crippen LogP contribution in [-0.4, -0.2) is 35.7 Å². The van der Waals surface area contributed by atoms with Gasteiger partial charge < -0.3 is 15.3 Å². The maximum absolute atomic E-state index is 12.3. The van der Waals surface area contributed by atoms with Gasteiger partial charge in [-0.05, 0) is 37.3 Å². The normalized spacial score (nSPS) is 20.6. The fourth-order valence-corrected chi connectivity index (χ4v) is 3.21. The van der Waals surface area contributed by atoms with Crippen LogP contribution in [0.1, 0.15) is 31.4 Å². The van der Waals surface area contributed by atoms with E-state index in [1.807, 2.05) is 31.2 Å². The van der Waals surface area contributed by atoms with Gasteiger partial charge in [-0.25, -0.2) is 4.79 Å². The zero-order valence-electron chi connectivity index (χ0n) is 11.7. The number of piperidine rings is 1. The van der Waals surface area contributed by atoms with Gasteiger partial charge in [0.2, 0.25) is 0 Å². The first-order valence-electron chi connectivity index (χ1n) is 7.02. The Morgan fingerprint density at radius 1 is 1.55 bits per heavy atom. The Labute approximate surface area is 128 Å². The highest BCUT2D eigenvalue weighted by Gasteiger charge is 2.24. The molecule has 1 saturated heterocycles. The van der Waals surface area contributed by atoms with E-state index in [1.54, 1.807) is 4.90 Å². The van der Waals surface area contributed by atoms with Gasteiger partial charge in [-0.1, -0.05) is 34.1 Å². The number of nitrogens with zero attached hydrogens (tertiary/aromatic N) is 1. The van der Waals surface area contributed by atoms with E-state index in [4.69, 9.17) is 0 Å². The van der Waals surface area contributed by atoms with Gasteiger partial charge in [0.25, 0.3) is 0 Å². The molecule has 2 atom stereocenters. The third-order valence-electron chi connectivity index (χ3n) is 3.78. The van der Waals surface area contributed by atoms with E-state index in [2.05, 4.69) is 21.2 Å². The van der Waals surface area contributed by atoms with Crippen molar-refractivity contribution in [3.63, 3.8) is 0 Å². The van der Waals surface area contributed by atoms with Gasteiger partial charge >= 0.3 is 6.03 Å². The van der Waals surface area contributed by atoms with Crippen LogP contribution in [0.2, 0.25) is 0 Å². The van der Waals surface area contributed by atoms with E-state index in [-0.39, 0.29) is 24.6 Å². The summed E-state index contributed by atoms with van der Waals surface area (Å²) in [5, 5.41) is 12.2. The van der Waals surface area contributed by atoms with Crippen molar-refractivity contribution in [2.45, 2.75) is 25.8 Å². The Bertz CT molecular complexity index is 467. The predicted molar refractivity (Wildman–Crippen MR) is 82.5 cm³/mol. The van der Waals surface area contributed by atoms with Crippen molar-refractivity contribution in [3.05, 3.63) is 34.3 Å². The van der Waals surface area contributed by atoms with Gasteiger partial charge in [-0.3, -0.25) is 0 Å². The minimum absolute atomic E-state index is 0.0485. The maximum Gasteiger partial charge on any atom is 0.317 e. The highest BCUT2D eigenvalue weighted by Crippen LogP contribution is 2.23. The van der Waals surface area contributed by atoms with Crippen LogP contribution in [-0.2, 0) is 0 Å². The SMILES string of the molecule is CC(NC(=O)N1CCCC(CO)C1)c1ccccc1Br. The fraction of sp³-hybridized carbons (Fsp3) is 0.533. The van der Waals surface area contributed by atoms with Gasteiger partial charge in [0.05, 0.1) is 6.04 Å². The second kappa shape index (κ2) is 7.09. The average Bonchev–Trinajstić information content (AvgIpc) is 2.47. The number of rotatable bonds is 3. The van der Waals surface area contributed by atoms with E-state index < -0.39 is 0 Å². The first kappa shape index (κ1) is 15.3. The van der Waals surface area contributed by atoms with Gasteiger partial charge in [-0.2, -0.15) is 0 Å². The van der Waals surface area contributed by atoms with Crippen molar-refractivity contribution < 1.29 is 9.90 Å². The first-order chi connectivity index (χ1) is 9.61. The number of aliphatic hydroxyl groups is 1. The second-order valence-electron chi connectivity index (χ2n) is 5.33. The number of halogens is 1. The molecule has 1 aromatic carbocycles. The summed E-state index contributed by atoms with van der Waals surface area (Å²) in [6, 6.07) is 7.80. The van der Waals surface area contributed by atoms with Crippen molar-refractivity contribution in [2.24, 2.45) is 5.92 Å². The zero-order valence-corrected chi connectivity index (χ0v) is 13.3. The summed E-state index contributed by atoms with van der Waals surface area (Å²) in [7, 11) is 0. The van der Waals surface area contributed by atoms with E-state index in [9.17, 15) is 9.90 Å². The summed E-state index contributed by atoms with van der Waals surface area (Å²) in [4.78, 5) is 14.1. The van der Waals surface area contributed by atoms with E-state index >= 15 is 0 Å². The summed E-state index contributed by atoms with van der Waals surface area (Å²) >= 11 is 3.51. The van der Waals surface area contributed by atoms with E-state index in [1.165, 1.54) is 0 Å². The molecular weight excluding hydrogens is 320 g/mol. The molecule has 0 radical (unpaired) electrons. The van der Waals surface area contributed by atoms with Gasteiger partial charge in [0.15, 0.2) is 0 Å². The number of carbonyl (C=O) groups is 1. The number of amides is 2. The Balaban J connectivity index is 1.95. The molecule has 2 N–H and O–H groups in total. The maximum atomic E-state index is 12.3. The lowest BCUT2D eigenvalue weighted by atomic mass is 9.99. The second-order valence-corrected chi connectivity index (χ2v) is 6.18. The lowest BCUT2D eigenvalue weighted by Gasteiger charge is -2.32. The van der Waals surface area contributed by atoms with Crippen molar-refractivity contribution in [1.29, 1.82) is 0 Å². The quantitative estimate of drug-likeness (QED) is 0.888. The van der Waals surface area contributed by atoms with Gasteiger partial charge in [0.1, 0.15) is 0 Å². The number of hydrogen-bond acceptors (Lipinski definition) is 2. The van der Waals surface area contributed by atoms with Crippen molar-refractivity contribution >= 4 is 22.0 Å². The molecule has 4 nitrogen and oxygen atoms in total. The molecule has 1 fully saturated rings. The molecule has 2 amide bonds. The van der Waals surface area contributed by atoms with Gasteiger partial charge in [0, 0.05) is 24.2 Å². The molecule has 1 heterocycles. The smallest absolute Gasteiger partial charge is 0.317 e. The zero-order chi connectivity index (χ0) is 14.5. The summed E-state index contributed by atoms with van der Waals surface area (Å²) in [6.07, 6.45) is 1.96. The summed E-state index contributed by atoms with van der Waals surface area (Å²) in [6.45, 7) is 3.55. The lowest BCUT2D eigenvalue weighted by molar-refractivity contribution is 0.128. The van der Waals surface area contributed by atoms with Crippen molar-refractivity contribution in [3.8, 4) is 0 Å². The number of nitrogens with one attached hydrogen (secondary N) is 1. The van der Waals surface area contributed by atoms with Crippen LogP contribution >= 0.6 is 15.9 Å². The fourth-order valence-electron chi connectivity index (χ4n) is 2.58. The van der Waals surface area contributed by atoms with Crippen LogP contribution < -0.4 is 5.32 Å². The lowest BCUT2D eigenvalue weighted by Crippen LogP contribution is -2.46. The molecule has 0 spiro atoms. The van der Waals surface area contributed by atoms with Crippen LogP contribution in [0.5, 0.6) is 0 Å². The number of aliphatic hydroxyl groups excluding tert-OH is 1. The third kappa shape index (κ3) is 3.73. The molecule has 1 aliphatic heterocycles. The topological polar surface area (TPSA) is 52.6 Å². The predicted octanol–water partition coefficient (Wildman–Crippen LogP) is 2.92. The number of hydrogen-bond donors (Lipinski definition) is 2. The third-order valence-corrected chi connectivity index (χ3v) is 4.50. The number of urea groups is 1. The van der Waals surface area contributed by atoms with Crippen LogP contribution in [0.3, 0.4) is 0 Å². The summed E-state index contributed by atoms with van der Waals surface area (Å²) in [5.74, 6) is 0.216. The van der Waals surface area contributed by atoms with Crippen LogP contribution in [0.15, 0.2) is 28.7 Å². The van der Waals surface area contributed by atoms with Gasteiger partial charge in [-0.15, -0.1) is 0 Å². The molecule has 0 bridgehead atoms. The van der Waals surface area contributed by atoms with Crippen molar-refractivity contribution in [2.75, 3.05) is 19.7 Å². The molecule has 0 saturated carbocycles. The Kier molecular flexibility index (Phi) is 5.43. The highest BCUT2D eigenvalue weighted by molar-refractivity contribution is 9.10. The standard InChI is InChI=1S/C15H21BrN2O2/c1-11(13-6-2-3-7-14(13)16)17-15(20)18-8-4-5-12(9-18)10-19/h2-3,6-7,11-12,19H,4-5,8-10H2,1H3,(H,17,20). The number of likely N-dealkylation sites (tertiary alicyclic amines) is 1. The Morgan fingerprint density at radius 2 is 2.30 bits per heavy atom. The Hall–Kier alpha value is -1.07. The summed E-state index contributed by atoms with van der Waals surface area (Å²) < 4.78 is 1.000. The van der Waals surface area contributed by atoms with Crippen molar-refractivity contribution in [1.82, 2.24) is 10.2 Å². The largest absolute Gasteiger partial charge is 0.396 e. The molecule has 2 rings (SSSR count). The number of carbonyl (C=O) groups excluding carboxylic acids is 1. The van der Waals surface area contributed by atoms with Crippen LogP contribution in [0, 0.1) is 5.92 Å². The molecule has 5 heteroatoms. The van der Waals surface area contributed by atoms with E-state index in [0.717, 1.165) is 29.4 Å². The average molecular weight is 341 g/mol. The minimum atomic E-state index is -0.0496. The van der Waals surface area contributed by atoms with E-state index in [0.29, 0.717) is 6.54 Å². The molecular formula is C15H21BrN2O2. The highest BCUT2D eigenvalue weighted by atomic mass is 79.9. The molecule has 0 aromatic heterocycles. The summed E-state index contributed by atoms with van der Waals surface area (Å²) in [5.41, 5.74) is 1.07. The van der Waals surface area contributed by atoms with Crippen LogP contribution in [0.4, 0.5) is 4.79 Å². The molecule has 110 valence electrons. The first-order valence-corrected chi connectivity index (χ1v) is 7.82. The van der Waals surface area contributed by atoms with Crippen LogP contribution in [0.25, 0.3) is 0 Å². The molecule has 1 aromatic rings. The molecule has 20 heavy (non-hydrogen) atoms. The monoisotopic (exact) mass is 340 g/mol. The molecule has 2 unspecified atom stereocenters. The number of benzene rings is 1. The Morgan fingerprint density at radius 3 is 3.00 bits per heavy atom. The minimum Gasteiger partial charge on any atom is -0.396 e. The molecule has 0 aliphatic carbocycles. The molecule has 1 aliphatic rings.